The first-order valence-electron chi connectivity index (χ1n) is 8.55. The minimum absolute atomic E-state index is 0.0224. The van der Waals surface area contributed by atoms with Crippen LogP contribution < -0.4 is 5.32 Å². The van der Waals surface area contributed by atoms with Crippen molar-refractivity contribution >= 4 is 17.9 Å². The maximum atomic E-state index is 11.8. The third-order valence-electron chi connectivity index (χ3n) is 4.29. The second kappa shape index (κ2) is 8.41. The smallest absolute Gasteiger partial charge is 0.322 e. The lowest BCUT2D eigenvalue weighted by Crippen LogP contribution is -2.21. The number of carbonyl (C=O) groups is 2. The second-order valence-electron chi connectivity index (χ2n) is 6.18. The molecule has 0 aliphatic heterocycles. The number of hydrogen-bond donors (Lipinski definition) is 1. The van der Waals surface area contributed by atoms with Crippen molar-refractivity contribution in [1.82, 2.24) is 10.2 Å². The van der Waals surface area contributed by atoms with E-state index in [-0.39, 0.29) is 18.6 Å². The minimum Gasteiger partial charge on any atom is -0.456 e. The lowest BCUT2D eigenvalue weighted by atomic mass is 10.0. The number of rotatable bonds is 7. The second-order valence-corrected chi connectivity index (χ2v) is 6.18. The molecule has 132 valence electrons. The van der Waals surface area contributed by atoms with Crippen molar-refractivity contribution in [1.29, 1.82) is 0 Å². The van der Waals surface area contributed by atoms with E-state index in [1.54, 1.807) is 0 Å². The predicted octanol–water partition coefficient (Wildman–Crippen LogP) is 3.19. The van der Waals surface area contributed by atoms with E-state index in [2.05, 4.69) is 15.5 Å². The molecule has 2 aromatic rings. The summed E-state index contributed by atoms with van der Waals surface area (Å²) in [5.41, 5.74) is 0.758. The molecular weight excluding hydrogens is 322 g/mol. The van der Waals surface area contributed by atoms with Gasteiger partial charge < -0.3 is 9.15 Å². The van der Waals surface area contributed by atoms with Crippen LogP contribution in [0.3, 0.4) is 0 Å². The van der Waals surface area contributed by atoms with E-state index >= 15 is 0 Å². The Morgan fingerprint density at radius 1 is 1.16 bits per heavy atom. The van der Waals surface area contributed by atoms with E-state index < -0.39 is 5.91 Å². The van der Waals surface area contributed by atoms with Gasteiger partial charge in [-0.05, 0) is 24.5 Å². The molecule has 0 spiro atoms. The monoisotopic (exact) mass is 343 g/mol. The summed E-state index contributed by atoms with van der Waals surface area (Å²) in [7, 11) is 0. The third kappa shape index (κ3) is 5.14. The average molecular weight is 343 g/mol. The molecule has 1 saturated carbocycles. The van der Waals surface area contributed by atoms with Gasteiger partial charge in [-0.3, -0.25) is 14.9 Å². The lowest BCUT2D eigenvalue weighted by molar-refractivity contribution is -0.147. The molecule has 1 aromatic heterocycles. The van der Waals surface area contributed by atoms with Crippen molar-refractivity contribution < 1.29 is 18.7 Å². The van der Waals surface area contributed by atoms with Crippen LogP contribution in [0.4, 0.5) is 6.01 Å². The summed E-state index contributed by atoms with van der Waals surface area (Å²) >= 11 is 0. The number of benzene rings is 1. The fourth-order valence-electron chi connectivity index (χ4n) is 2.97. The summed E-state index contributed by atoms with van der Waals surface area (Å²) in [4.78, 5) is 23.5. The molecule has 7 nitrogen and oxygen atoms in total. The molecule has 1 aliphatic rings. The van der Waals surface area contributed by atoms with E-state index in [9.17, 15) is 9.59 Å². The zero-order valence-corrected chi connectivity index (χ0v) is 13.9. The van der Waals surface area contributed by atoms with Crippen molar-refractivity contribution in [3.05, 3.63) is 30.3 Å². The van der Waals surface area contributed by atoms with Crippen LogP contribution in [0, 0.1) is 5.92 Å². The van der Waals surface area contributed by atoms with E-state index in [0.717, 1.165) is 12.0 Å². The first-order chi connectivity index (χ1) is 12.2. The van der Waals surface area contributed by atoms with E-state index in [4.69, 9.17) is 9.15 Å². The van der Waals surface area contributed by atoms with Gasteiger partial charge in [0.1, 0.15) is 0 Å². The molecule has 3 rings (SSSR count). The molecule has 1 aliphatic carbocycles. The summed E-state index contributed by atoms with van der Waals surface area (Å²) in [5.74, 6) is 0.0793. The molecule has 0 unspecified atom stereocenters. The highest BCUT2D eigenvalue weighted by Crippen LogP contribution is 2.28. The number of aromatic nitrogens is 2. The van der Waals surface area contributed by atoms with Gasteiger partial charge in [0.25, 0.3) is 5.91 Å². The van der Waals surface area contributed by atoms with Crippen LogP contribution in [-0.4, -0.2) is 28.7 Å². The summed E-state index contributed by atoms with van der Waals surface area (Å²) in [5, 5.41) is 10.1. The summed E-state index contributed by atoms with van der Waals surface area (Å²) in [6, 6.07) is 9.21. The molecule has 0 saturated heterocycles. The molecule has 1 amide bonds. The standard InChI is InChI=1S/C18H21N3O4/c22-15(12-24-16(23)11-10-13-6-4-5-7-13)19-18-21-20-17(25-18)14-8-2-1-3-9-14/h1-3,8-9,13H,4-7,10-12H2,(H,19,21,22). The highest BCUT2D eigenvalue weighted by atomic mass is 16.5. The maximum absolute atomic E-state index is 11.8. The summed E-state index contributed by atoms with van der Waals surface area (Å²) in [6.45, 7) is -0.355. The summed E-state index contributed by atoms with van der Waals surface area (Å²) in [6.07, 6.45) is 6.07. The molecule has 1 aromatic carbocycles. The van der Waals surface area contributed by atoms with E-state index in [0.29, 0.717) is 18.2 Å². The number of anilines is 1. The molecule has 0 bridgehead atoms. The maximum Gasteiger partial charge on any atom is 0.322 e. The zero-order chi connectivity index (χ0) is 17.5. The Morgan fingerprint density at radius 2 is 1.92 bits per heavy atom. The topological polar surface area (TPSA) is 94.3 Å². The Labute approximate surface area is 145 Å². The molecule has 1 N–H and O–H groups in total. The van der Waals surface area contributed by atoms with Crippen molar-refractivity contribution in [2.75, 3.05) is 11.9 Å². The SMILES string of the molecule is O=C(COC(=O)CCC1CCCC1)Nc1nnc(-c2ccccc2)o1. The van der Waals surface area contributed by atoms with Crippen LogP contribution in [0.1, 0.15) is 38.5 Å². The van der Waals surface area contributed by atoms with Crippen molar-refractivity contribution in [3.63, 3.8) is 0 Å². The molecule has 25 heavy (non-hydrogen) atoms. The first-order valence-corrected chi connectivity index (χ1v) is 8.55. The van der Waals surface area contributed by atoms with Crippen molar-refractivity contribution in [3.8, 4) is 11.5 Å². The third-order valence-corrected chi connectivity index (χ3v) is 4.29. The van der Waals surface area contributed by atoms with Crippen molar-refractivity contribution in [2.45, 2.75) is 38.5 Å². The highest BCUT2D eigenvalue weighted by molar-refractivity contribution is 5.90. The number of ether oxygens (including phenoxy) is 1. The Morgan fingerprint density at radius 3 is 2.68 bits per heavy atom. The van der Waals surface area contributed by atoms with Gasteiger partial charge in [-0.15, -0.1) is 5.10 Å². The number of carbonyl (C=O) groups excluding carboxylic acids is 2. The molecule has 7 heteroatoms. The van der Waals surface area contributed by atoms with Gasteiger partial charge in [0.2, 0.25) is 5.89 Å². The largest absolute Gasteiger partial charge is 0.456 e. The van der Waals surface area contributed by atoms with Crippen molar-refractivity contribution in [2.24, 2.45) is 5.92 Å². The quantitative estimate of drug-likeness (QED) is 0.776. The number of esters is 1. The van der Waals surface area contributed by atoms with Crippen LogP contribution in [0.25, 0.3) is 11.5 Å². The average Bonchev–Trinajstić information content (AvgIpc) is 3.31. The number of nitrogens with one attached hydrogen (secondary N) is 1. The van der Waals surface area contributed by atoms with Gasteiger partial charge in [0.05, 0.1) is 0 Å². The number of amides is 1. The van der Waals surface area contributed by atoms with Crippen LogP contribution in [0.2, 0.25) is 0 Å². The normalized spacial score (nSPS) is 14.4. The predicted molar refractivity (Wildman–Crippen MR) is 90.5 cm³/mol. The van der Waals surface area contributed by atoms with Gasteiger partial charge in [-0.25, -0.2) is 0 Å². The van der Waals surface area contributed by atoms with Crippen LogP contribution in [0.5, 0.6) is 0 Å². The Hall–Kier alpha value is -2.70. The van der Waals surface area contributed by atoms with Crippen LogP contribution in [-0.2, 0) is 14.3 Å². The van der Waals surface area contributed by atoms with Gasteiger partial charge in [0, 0.05) is 12.0 Å². The van der Waals surface area contributed by atoms with Gasteiger partial charge in [0.15, 0.2) is 6.61 Å². The fourth-order valence-corrected chi connectivity index (χ4v) is 2.97. The van der Waals surface area contributed by atoms with Gasteiger partial charge in [-0.2, -0.15) is 0 Å². The zero-order valence-electron chi connectivity index (χ0n) is 13.9. The molecule has 1 heterocycles. The van der Waals surface area contributed by atoms with E-state index in [1.807, 2.05) is 30.3 Å². The molecule has 1 fully saturated rings. The van der Waals surface area contributed by atoms with Gasteiger partial charge in [-0.1, -0.05) is 49.0 Å². The molecular formula is C18H21N3O4. The van der Waals surface area contributed by atoms with Crippen LogP contribution in [0.15, 0.2) is 34.7 Å². The Bertz CT molecular complexity index is 708. The first kappa shape index (κ1) is 17.1. The Balaban J connectivity index is 1.40. The Kier molecular flexibility index (Phi) is 5.77. The summed E-state index contributed by atoms with van der Waals surface area (Å²) < 4.78 is 10.4. The molecule has 0 atom stereocenters. The van der Waals surface area contributed by atoms with E-state index in [1.165, 1.54) is 25.7 Å². The number of hydrogen-bond acceptors (Lipinski definition) is 6. The number of nitrogens with zero attached hydrogens (tertiary/aromatic N) is 2. The lowest BCUT2D eigenvalue weighted by Gasteiger charge is -2.08. The molecule has 0 radical (unpaired) electrons. The van der Waals surface area contributed by atoms with Gasteiger partial charge >= 0.3 is 12.0 Å². The highest BCUT2D eigenvalue weighted by Gasteiger charge is 2.17. The minimum atomic E-state index is -0.502. The van der Waals surface area contributed by atoms with Crippen LogP contribution >= 0.6 is 0 Å². The fraction of sp³-hybridized carbons (Fsp3) is 0.444.